The van der Waals surface area contributed by atoms with Crippen molar-refractivity contribution in [3.63, 3.8) is 0 Å². The summed E-state index contributed by atoms with van der Waals surface area (Å²) >= 11 is 0. The van der Waals surface area contributed by atoms with Crippen LogP contribution >= 0.6 is 0 Å². The van der Waals surface area contributed by atoms with E-state index in [-0.39, 0.29) is 11.6 Å². The first-order valence-electron chi connectivity index (χ1n) is 7.63. The third-order valence-corrected chi connectivity index (χ3v) is 4.85. The van der Waals surface area contributed by atoms with E-state index < -0.39 is 0 Å². The first-order chi connectivity index (χ1) is 10.6. The van der Waals surface area contributed by atoms with Crippen molar-refractivity contribution in [2.75, 3.05) is 0 Å². The van der Waals surface area contributed by atoms with Gasteiger partial charge >= 0.3 is 0 Å². The lowest BCUT2D eigenvalue weighted by molar-refractivity contribution is 0.157. The van der Waals surface area contributed by atoms with Gasteiger partial charge in [0.2, 0.25) is 0 Å². The molecule has 1 aromatic carbocycles. The van der Waals surface area contributed by atoms with Crippen LogP contribution in [0.4, 0.5) is 0 Å². The third kappa shape index (κ3) is 1.90. The van der Waals surface area contributed by atoms with Gasteiger partial charge in [-0.1, -0.05) is 18.2 Å². The fraction of sp³-hybridized carbons (Fsp3) is 0.333. The summed E-state index contributed by atoms with van der Waals surface area (Å²) in [5, 5.41) is 0. The van der Waals surface area contributed by atoms with Crippen molar-refractivity contribution in [3.8, 4) is 11.1 Å². The topological polar surface area (TPSA) is 60.5 Å². The number of aromatic nitrogens is 1. The molecule has 1 aromatic heterocycles. The molecule has 4 heteroatoms. The zero-order chi connectivity index (χ0) is 15.3. The number of aliphatic imine (C=N–C) groups is 1. The zero-order valence-corrected chi connectivity index (χ0v) is 12.8. The number of nitrogens with two attached hydrogens (primary N) is 1. The second-order valence-electron chi connectivity index (χ2n) is 6.30. The Bertz CT molecular complexity index is 784. The van der Waals surface area contributed by atoms with Gasteiger partial charge in [0, 0.05) is 24.7 Å². The van der Waals surface area contributed by atoms with E-state index in [1.54, 1.807) is 0 Å². The van der Waals surface area contributed by atoms with Gasteiger partial charge in [0.15, 0.2) is 0 Å². The monoisotopic (exact) mass is 293 g/mol. The van der Waals surface area contributed by atoms with Crippen LogP contribution in [-0.2, 0) is 17.6 Å². The minimum absolute atomic E-state index is 0.0203. The van der Waals surface area contributed by atoms with Gasteiger partial charge in [0.25, 0.3) is 6.02 Å². The quantitative estimate of drug-likeness (QED) is 0.879. The van der Waals surface area contributed by atoms with Crippen molar-refractivity contribution < 1.29 is 4.74 Å². The molecule has 2 N–H and O–H groups in total. The molecule has 2 heterocycles. The van der Waals surface area contributed by atoms with Crippen LogP contribution in [-0.4, -0.2) is 22.6 Å². The highest BCUT2D eigenvalue weighted by molar-refractivity contribution is 5.76. The summed E-state index contributed by atoms with van der Waals surface area (Å²) in [7, 11) is 0. The molecule has 0 fully saturated rings. The Kier molecular flexibility index (Phi) is 2.76. The van der Waals surface area contributed by atoms with Gasteiger partial charge in [0.05, 0.1) is 0 Å². The maximum atomic E-state index is 5.80. The van der Waals surface area contributed by atoms with Gasteiger partial charge in [0.1, 0.15) is 11.6 Å². The Labute approximate surface area is 130 Å². The summed E-state index contributed by atoms with van der Waals surface area (Å²) < 4.78 is 5.61. The number of amidine groups is 1. The molecule has 0 saturated heterocycles. The first-order valence-corrected chi connectivity index (χ1v) is 7.63. The van der Waals surface area contributed by atoms with Crippen LogP contribution in [0.15, 0.2) is 41.5 Å². The first kappa shape index (κ1) is 13.3. The molecule has 1 aliphatic carbocycles. The molecule has 112 valence electrons. The molecule has 1 aliphatic heterocycles. The highest BCUT2D eigenvalue weighted by Gasteiger charge is 2.48. The highest BCUT2D eigenvalue weighted by atomic mass is 16.5. The number of hydrogen-bond donors (Lipinski definition) is 1. The predicted molar refractivity (Wildman–Crippen MR) is 86.7 cm³/mol. The lowest BCUT2D eigenvalue weighted by Crippen LogP contribution is -2.36. The van der Waals surface area contributed by atoms with E-state index in [1.165, 1.54) is 22.3 Å². The molecule has 4 nitrogen and oxygen atoms in total. The summed E-state index contributed by atoms with van der Waals surface area (Å²) in [6.07, 6.45) is 3.66. The molecule has 2 unspecified atom stereocenters. The second kappa shape index (κ2) is 4.57. The molecule has 0 bridgehead atoms. The average molecular weight is 293 g/mol. The fourth-order valence-electron chi connectivity index (χ4n) is 3.69. The number of nitrogens with zero attached hydrogens (tertiary/aromatic N) is 2. The number of pyridine rings is 1. The molecular weight excluding hydrogens is 274 g/mol. The van der Waals surface area contributed by atoms with Gasteiger partial charge in [-0.3, -0.25) is 4.98 Å². The molecule has 1 spiro atoms. The van der Waals surface area contributed by atoms with Gasteiger partial charge < -0.3 is 10.5 Å². The molecule has 2 aromatic rings. The van der Waals surface area contributed by atoms with Crippen LogP contribution < -0.4 is 5.73 Å². The number of benzene rings is 1. The van der Waals surface area contributed by atoms with Gasteiger partial charge in [-0.25, -0.2) is 4.99 Å². The van der Waals surface area contributed by atoms with Crippen LogP contribution in [0.3, 0.4) is 0 Å². The van der Waals surface area contributed by atoms with E-state index in [2.05, 4.69) is 47.2 Å². The fourth-order valence-corrected chi connectivity index (χ4v) is 3.69. The zero-order valence-electron chi connectivity index (χ0n) is 12.8. The lowest BCUT2D eigenvalue weighted by Gasteiger charge is -2.23. The molecule has 0 saturated carbocycles. The summed E-state index contributed by atoms with van der Waals surface area (Å²) in [4.78, 5) is 8.92. The lowest BCUT2D eigenvalue weighted by atomic mass is 9.90. The van der Waals surface area contributed by atoms with E-state index in [9.17, 15) is 0 Å². The number of hydrogen-bond acceptors (Lipinski definition) is 4. The van der Waals surface area contributed by atoms with Crippen molar-refractivity contribution in [1.29, 1.82) is 0 Å². The predicted octanol–water partition coefficient (Wildman–Crippen LogP) is 2.63. The minimum atomic E-state index is -0.232. The minimum Gasteiger partial charge on any atom is -0.460 e. The Hall–Kier alpha value is -2.36. The largest absolute Gasteiger partial charge is 0.460 e. The Morgan fingerprint density at radius 1 is 1.27 bits per heavy atom. The van der Waals surface area contributed by atoms with E-state index in [0.717, 1.165) is 18.5 Å². The maximum absolute atomic E-state index is 5.80. The van der Waals surface area contributed by atoms with Crippen LogP contribution in [0.2, 0.25) is 0 Å². The molecular formula is C18H19N3O. The van der Waals surface area contributed by atoms with Crippen molar-refractivity contribution in [1.82, 2.24) is 4.98 Å². The maximum Gasteiger partial charge on any atom is 0.282 e. The summed E-state index contributed by atoms with van der Waals surface area (Å²) in [5.41, 5.74) is 11.8. The Morgan fingerprint density at radius 2 is 2.14 bits per heavy atom. The standard InChI is InChI=1S/C18H19N3O/c1-11-8-13(6-7-20-11)15-5-3-4-14-9-18(10-16(14)15)12(2)22-17(19)21-18/h3-8,12H,9-10H2,1-2H3,(H2,19,21). The smallest absolute Gasteiger partial charge is 0.282 e. The van der Waals surface area contributed by atoms with E-state index in [1.807, 2.05) is 13.1 Å². The van der Waals surface area contributed by atoms with E-state index in [4.69, 9.17) is 10.5 Å². The van der Waals surface area contributed by atoms with Gasteiger partial charge in [-0.05, 0) is 48.2 Å². The SMILES string of the molecule is Cc1cc(-c2cccc3c2CC2(C3)N=C(N)OC2C)ccn1. The molecule has 22 heavy (non-hydrogen) atoms. The number of ether oxygens (including phenoxy) is 1. The van der Waals surface area contributed by atoms with Crippen molar-refractivity contribution in [3.05, 3.63) is 53.3 Å². The van der Waals surface area contributed by atoms with Crippen molar-refractivity contribution in [2.24, 2.45) is 10.7 Å². The van der Waals surface area contributed by atoms with Gasteiger partial charge in [-0.15, -0.1) is 0 Å². The summed E-state index contributed by atoms with van der Waals surface area (Å²) in [5.74, 6) is 0. The normalized spacial score (nSPS) is 25.9. The second-order valence-corrected chi connectivity index (χ2v) is 6.30. The number of aryl methyl sites for hydroxylation is 1. The van der Waals surface area contributed by atoms with Crippen LogP contribution in [0, 0.1) is 6.92 Å². The number of fused-ring (bicyclic) bond motifs is 1. The molecule has 0 amide bonds. The Morgan fingerprint density at radius 3 is 2.86 bits per heavy atom. The number of rotatable bonds is 1. The Balaban J connectivity index is 1.81. The summed E-state index contributed by atoms with van der Waals surface area (Å²) in [6, 6.07) is 11.0. The van der Waals surface area contributed by atoms with E-state index >= 15 is 0 Å². The van der Waals surface area contributed by atoms with E-state index in [0.29, 0.717) is 6.02 Å². The molecule has 2 aliphatic rings. The average Bonchev–Trinajstić information content (AvgIpc) is 2.98. The van der Waals surface area contributed by atoms with Crippen LogP contribution in [0.1, 0.15) is 23.7 Å². The van der Waals surface area contributed by atoms with Crippen LogP contribution in [0.25, 0.3) is 11.1 Å². The molecule has 0 radical (unpaired) electrons. The van der Waals surface area contributed by atoms with Gasteiger partial charge in [-0.2, -0.15) is 0 Å². The van der Waals surface area contributed by atoms with Crippen LogP contribution in [0.5, 0.6) is 0 Å². The molecule has 2 atom stereocenters. The molecule has 4 rings (SSSR count). The summed E-state index contributed by atoms with van der Waals surface area (Å²) in [6.45, 7) is 4.08. The van der Waals surface area contributed by atoms with Crippen molar-refractivity contribution >= 4 is 6.02 Å². The van der Waals surface area contributed by atoms with Crippen molar-refractivity contribution in [2.45, 2.75) is 38.3 Å². The highest BCUT2D eigenvalue weighted by Crippen LogP contribution is 2.43. The third-order valence-electron chi connectivity index (χ3n) is 4.85.